The highest BCUT2D eigenvalue weighted by Crippen LogP contribution is 2.22. The van der Waals surface area contributed by atoms with Gasteiger partial charge in [-0.15, -0.1) is 0 Å². The average molecular weight is 447 g/mol. The molecular weight excluding hydrogens is 416 g/mol. The number of nitrogens with zero attached hydrogens (tertiary/aromatic N) is 1. The van der Waals surface area contributed by atoms with Crippen molar-refractivity contribution in [1.29, 1.82) is 0 Å². The molecule has 1 aliphatic rings. The third-order valence-corrected chi connectivity index (χ3v) is 5.75. The molecule has 2 aromatic rings. The van der Waals surface area contributed by atoms with Gasteiger partial charge in [0.15, 0.2) is 0 Å². The molecule has 0 saturated carbocycles. The maximum absolute atomic E-state index is 12.6. The van der Waals surface area contributed by atoms with E-state index in [-0.39, 0.29) is 18.9 Å². The molecular formula is C24H31ClN2O4. The Balaban J connectivity index is 1.56. The number of ether oxygens (including phenoxy) is 2. The summed E-state index contributed by atoms with van der Waals surface area (Å²) in [6.45, 7) is 2.83. The van der Waals surface area contributed by atoms with Gasteiger partial charge in [-0.1, -0.05) is 30.2 Å². The Kier molecular flexibility index (Phi) is 9.00. The minimum absolute atomic E-state index is 0.150. The number of amides is 1. The van der Waals surface area contributed by atoms with E-state index in [9.17, 15) is 9.90 Å². The van der Waals surface area contributed by atoms with Crippen LogP contribution in [0.25, 0.3) is 0 Å². The van der Waals surface area contributed by atoms with Crippen LogP contribution in [-0.2, 0) is 4.79 Å². The number of aliphatic hydroxyl groups is 1. The molecule has 6 nitrogen and oxygen atoms in total. The highest BCUT2D eigenvalue weighted by Gasteiger charge is 2.26. The summed E-state index contributed by atoms with van der Waals surface area (Å²) in [4.78, 5) is 14.9. The van der Waals surface area contributed by atoms with Crippen LogP contribution in [0.3, 0.4) is 0 Å². The highest BCUT2D eigenvalue weighted by atomic mass is 35.5. The number of nitrogens with one attached hydrogen (secondary N) is 1. The molecule has 31 heavy (non-hydrogen) atoms. The number of carbonyl (C=O) groups is 1. The van der Waals surface area contributed by atoms with Gasteiger partial charge in [0.2, 0.25) is 5.91 Å². The van der Waals surface area contributed by atoms with Gasteiger partial charge in [0.25, 0.3) is 0 Å². The molecule has 1 amide bonds. The number of aliphatic hydroxyl groups excluding tert-OH is 1. The molecule has 2 N–H and O–H groups in total. The van der Waals surface area contributed by atoms with Crippen molar-refractivity contribution in [3.8, 4) is 11.5 Å². The first kappa shape index (κ1) is 23.4. The van der Waals surface area contributed by atoms with Crippen LogP contribution in [0.15, 0.2) is 48.5 Å². The van der Waals surface area contributed by atoms with E-state index in [0.29, 0.717) is 17.3 Å². The fourth-order valence-corrected chi connectivity index (χ4v) is 3.88. The van der Waals surface area contributed by atoms with Crippen LogP contribution >= 0.6 is 11.6 Å². The molecule has 1 heterocycles. The molecule has 0 radical (unpaired) electrons. The number of piperidine rings is 1. The van der Waals surface area contributed by atoms with Gasteiger partial charge in [0, 0.05) is 11.6 Å². The highest BCUT2D eigenvalue weighted by molar-refractivity contribution is 6.30. The van der Waals surface area contributed by atoms with Gasteiger partial charge in [-0.3, -0.25) is 4.79 Å². The lowest BCUT2D eigenvalue weighted by molar-refractivity contribution is -0.123. The Morgan fingerprint density at radius 1 is 1.06 bits per heavy atom. The molecule has 2 aromatic carbocycles. The van der Waals surface area contributed by atoms with Crippen molar-refractivity contribution >= 4 is 17.5 Å². The van der Waals surface area contributed by atoms with E-state index in [1.807, 2.05) is 12.1 Å². The van der Waals surface area contributed by atoms with Gasteiger partial charge in [-0.05, 0) is 67.9 Å². The Morgan fingerprint density at radius 3 is 2.35 bits per heavy atom. The Bertz CT molecular complexity index is 807. The summed E-state index contributed by atoms with van der Waals surface area (Å²) in [5.74, 6) is 1.28. The monoisotopic (exact) mass is 446 g/mol. The predicted octanol–water partition coefficient (Wildman–Crippen LogP) is 3.82. The van der Waals surface area contributed by atoms with E-state index in [1.54, 1.807) is 43.5 Å². The van der Waals surface area contributed by atoms with E-state index in [4.69, 9.17) is 21.1 Å². The molecule has 0 spiro atoms. The minimum atomic E-state index is -0.814. The Morgan fingerprint density at radius 2 is 1.71 bits per heavy atom. The first-order valence-electron chi connectivity index (χ1n) is 10.8. The molecule has 1 fully saturated rings. The first-order chi connectivity index (χ1) is 15.0. The van der Waals surface area contributed by atoms with Crippen molar-refractivity contribution < 1.29 is 19.4 Å². The zero-order chi connectivity index (χ0) is 22.1. The summed E-state index contributed by atoms with van der Waals surface area (Å²) in [6, 6.07) is 13.9. The van der Waals surface area contributed by atoms with E-state index in [0.717, 1.165) is 37.2 Å². The SMILES string of the molecule is COc1ccc(OCCC(=O)N[C@H](CN2CCCCC2)[C@H](O)c2ccc(Cl)cc2)cc1. The van der Waals surface area contributed by atoms with Crippen molar-refractivity contribution in [2.24, 2.45) is 0 Å². The topological polar surface area (TPSA) is 71.0 Å². The van der Waals surface area contributed by atoms with Crippen LogP contribution in [0, 0.1) is 0 Å². The number of halogens is 1. The standard InChI is InChI=1S/C24H31ClN2O4/c1-30-20-9-11-21(12-10-20)31-16-13-23(28)26-22(17-27-14-3-2-4-15-27)24(29)18-5-7-19(25)8-6-18/h5-12,22,24,29H,2-4,13-17H2,1H3,(H,26,28)/t22-,24-/m1/s1. The molecule has 7 heteroatoms. The zero-order valence-electron chi connectivity index (χ0n) is 17.9. The average Bonchev–Trinajstić information content (AvgIpc) is 2.80. The minimum Gasteiger partial charge on any atom is -0.497 e. The van der Waals surface area contributed by atoms with Gasteiger partial charge in [-0.2, -0.15) is 0 Å². The normalized spacial score (nSPS) is 16.4. The van der Waals surface area contributed by atoms with Crippen molar-refractivity contribution in [3.63, 3.8) is 0 Å². The lowest BCUT2D eigenvalue weighted by Crippen LogP contribution is -2.48. The number of likely N-dealkylation sites (tertiary alicyclic amines) is 1. The molecule has 0 aromatic heterocycles. The maximum atomic E-state index is 12.6. The van der Waals surface area contributed by atoms with Crippen LogP contribution in [0.2, 0.25) is 5.02 Å². The van der Waals surface area contributed by atoms with E-state index in [2.05, 4.69) is 10.2 Å². The second-order valence-electron chi connectivity index (χ2n) is 7.81. The summed E-state index contributed by atoms with van der Waals surface area (Å²) in [5.41, 5.74) is 0.737. The molecule has 168 valence electrons. The van der Waals surface area contributed by atoms with Gasteiger partial charge in [0.1, 0.15) is 17.6 Å². The quantitative estimate of drug-likeness (QED) is 0.580. The molecule has 3 rings (SSSR count). The number of benzene rings is 2. The zero-order valence-corrected chi connectivity index (χ0v) is 18.7. The predicted molar refractivity (Wildman–Crippen MR) is 122 cm³/mol. The maximum Gasteiger partial charge on any atom is 0.223 e. The van der Waals surface area contributed by atoms with Crippen molar-refractivity contribution in [2.75, 3.05) is 33.4 Å². The van der Waals surface area contributed by atoms with Crippen LogP contribution in [0.1, 0.15) is 37.4 Å². The van der Waals surface area contributed by atoms with Crippen LogP contribution in [0.5, 0.6) is 11.5 Å². The van der Waals surface area contributed by atoms with E-state index < -0.39 is 12.1 Å². The third-order valence-electron chi connectivity index (χ3n) is 5.50. The second-order valence-corrected chi connectivity index (χ2v) is 8.24. The number of hydrogen-bond acceptors (Lipinski definition) is 5. The molecule has 2 atom stereocenters. The van der Waals surface area contributed by atoms with Gasteiger partial charge in [0.05, 0.1) is 26.2 Å². The fourth-order valence-electron chi connectivity index (χ4n) is 3.75. The second kappa shape index (κ2) is 11.9. The summed E-state index contributed by atoms with van der Waals surface area (Å²) in [7, 11) is 1.61. The van der Waals surface area contributed by atoms with Crippen LogP contribution in [-0.4, -0.2) is 55.3 Å². The number of rotatable bonds is 10. The third kappa shape index (κ3) is 7.42. The van der Waals surface area contributed by atoms with Gasteiger partial charge < -0.3 is 24.8 Å². The lowest BCUT2D eigenvalue weighted by atomic mass is 10.0. The summed E-state index contributed by atoms with van der Waals surface area (Å²) < 4.78 is 10.8. The summed E-state index contributed by atoms with van der Waals surface area (Å²) >= 11 is 5.98. The van der Waals surface area contributed by atoms with E-state index >= 15 is 0 Å². The fraction of sp³-hybridized carbons (Fsp3) is 0.458. The van der Waals surface area contributed by atoms with Gasteiger partial charge >= 0.3 is 0 Å². The molecule has 0 unspecified atom stereocenters. The molecule has 1 aliphatic heterocycles. The van der Waals surface area contributed by atoms with Crippen molar-refractivity contribution in [2.45, 2.75) is 37.8 Å². The van der Waals surface area contributed by atoms with Gasteiger partial charge in [-0.25, -0.2) is 0 Å². The largest absolute Gasteiger partial charge is 0.497 e. The lowest BCUT2D eigenvalue weighted by Gasteiger charge is -2.33. The number of methoxy groups -OCH3 is 1. The Hall–Kier alpha value is -2.28. The number of hydrogen-bond donors (Lipinski definition) is 2. The molecule has 0 aliphatic carbocycles. The molecule has 0 bridgehead atoms. The van der Waals surface area contributed by atoms with Crippen molar-refractivity contribution in [1.82, 2.24) is 10.2 Å². The summed E-state index contributed by atoms with van der Waals surface area (Å²) in [5, 5.41) is 14.6. The van der Waals surface area contributed by atoms with Crippen LogP contribution < -0.4 is 14.8 Å². The van der Waals surface area contributed by atoms with Crippen LogP contribution in [0.4, 0.5) is 0 Å². The van der Waals surface area contributed by atoms with Crippen molar-refractivity contribution in [3.05, 3.63) is 59.1 Å². The van der Waals surface area contributed by atoms with E-state index in [1.165, 1.54) is 6.42 Å². The first-order valence-corrected chi connectivity index (χ1v) is 11.1. The number of carbonyl (C=O) groups excluding carboxylic acids is 1. The molecule has 1 saturated heterocycles. The smallest absolute Gasteiger partial charge is 0.223 e. The summed E-state index contributed by atoms with van der Waals surface area (Å²) in [6.07, 6.45) is 2.91. The Labute approximate surface area is 189 Å².